The van der Waals surface area contributed by atoms with Crippen molar-refractivity contribution in [2.45, 2.75) is 0 Å². The molecule has 2 amide bonds. The number of benzene rings is 5. The van der Waals surface area contributed by atoms with E-state index in [4.69, 9.17) is 9.98 Å². The lowest BCUT2D eigenvalue weighted by Gasteiger charge is -2.21. The molecule has 0 saturated heterocycles. The van der Waals surface area contributed by atoms with Crippen molar-refractivity contribution in [3.63, 3.8) is 0 Å². The van der Waals surface area contributed by atoms with E-state index in [1.54, 1.807) is 34.1 Å². The fourth-order valence-corrected chi connectivity index (χ4v) is 5.69. The highest BCUT2D eigenvalue weighted by Gasteiger charge is 2.30. The van der Waals surface area contributed by atoms with E-state index in [0.717, 1.165) is 32.7 Å². The lowest BCUT2D eigenvalue weighted by molar-refractivity contribution is 0.0858. The number of aliphatic imine (C=N–C) groups is 2. The summed E-state index contributed by atoms with van der Waals surface area (Å²) in [4.78, 5) is 40.4. The van der Waals surface area contributed by atoms with Gasteiger partial charge in [0, 0.05) is 35.3 Å². The number of carbonyl (C=O) groups excluding carboxylic acids is 2. The summed E-state index contributed by atoms with van der Waals surface area (Å²) >= 11 is 0. The Kier molecular flexibility index (Phi) is 5.93. The van der Waals surface area contributed by atoms with Gasteiger partial charge in [-0.25, -0.2) is 0 Å². The highest BCUT2D eigenvalue weighted by atomic mass is 16.2. The molecular weight excluding hydrogens is 496 g/mol. The van der Waals surface area contributed by atoms with E-state index in [-0.39, 0.29) is 11.8 Å². The molecule has 2 heterocycles. The molecule has 0 atom stereocenters. The molecule has 0 radical (unpaired) electrons. The molecule has 0 aliphatic carbocycles. The smallest absolute Gasteiger partial charge is 0.259 e. The van der Waals surface area contributed by atoms with Crippen LogP contribution in [0.1, 0.15) is 31.8 Å². The molecule has 40 heavy (non-hydrogen) atoms. The Balaban J connectivity index is 1.18. The lowest BCUT2D eigenvalue weighted by atomic mass is 10.0. The summed E-state index contributed by atoms with van der Waals surface area (Å²) in [7, 11) is 0. The van der Waals surface area contributed by atoms with Crippen LogP contribution in [0, 0.1) is 0 Å². The van der Waals surface area contributed by atoms with Crippen LogP contribution in [-0.4, -0.2) is 59.5 Å². The van der Waals surface area contributed by atoms with Crippen molar-refractivity contribution >= 4 is 45.0 Å². The van der Waals surface area contributed by atoms with Crippen LogP contribution in [0.15, 0.2) is 119 Å². The minimum absolute atomic E-state index is 0.164. The third-order valence-corrected chi connectivity index (χ3v) is 7.59. The minimum atomic E-state index is -0.164. The molecule has 0 bridgehead atoms. The van der Waals surface area contributed by atoms with Crippen LogP contribution in [0.3, 0.4) is 0 Å². The van der Waals surface area contributed by atoms with Crippen molar-refractivity contribution in [1.82, 2.24) is 9.80 Å². The second kappa shape index (κ2) is 9.89. The average Bonchev–Trinajstić information content (AvgIpc) is 3.70. The Morgan fingerprint density at radius 2 is 0.950 bits per heavy atom. The van der Waals surface area contributed by atoms with Gasteiger partial charge in [0.2, 0.25) is 0 Å². The van der Waals surface area contributed by atoms with Crippen LogP contribution in [0.2, 0.25) is 0 Å². The normalized spacial score (nSPS) is 15.0. The average molecular weight is 523 g/mol. The molecule has 0 saturated carbocycles. The van der Waals surface area contributed by atoms with Crippen LogP contribution >= 0.6 is 0 Å². The number of carbonyl (C=O) groups is 2. The Bertz CT molecular complexity index is 1730. The minimum Gasteiger partial charge on any atom is -0.291 e. The zero-order valence-corrected chi connectivity index (χ0v) is 21.8. The van der Waals surface area contributed by atoms with Gasteiger partial charge >= 0.3 is 0 Å². The first kappa shape index (κ1) is 24.0. The Labute approximate surface area is 231 Å². The highest BCUT2D eigenvalue weighted by Crippen LogP contribution is 2.26. The molecule has 0 N–H and O–H groups in total. The van der Waals surface area contributed by atoms with Crippen molar-refractivity contribution in [2.24, 2.45) is 9.98 Å². The van der Waals surface area contributed by atoms with E-state index in [2.05, 4.69) is 36.4 Å². The number of rotatable bonds is 4. The topological polar surface area (TPSA) is 65.3 Å². The molecule has 7 rings (SSSR count). The van der Waals surface area contributed by atoms with Crippen LogP contribution in [0.5, 0.6) is 0 Å². The molecular formula is C34H26N4O2. The van der Waals surface area contributed by atoms with E-state index in [9.17, 15) is 9.59 Å². The van der Waals surface area contributed by atoms with Gasteiger partial charge in [-0.05, 0) is 39.7 Å². The monoisotopic (exact) mass is 522 g/mol. The first-order valence-electron chi connectivity index (χ1n) is 13.5. The lowest BCUT2D eigenvalue weighted by Crippen LogP contribution is -2.36. The van der Waals surface area contributed by atoms with E-state index in [0.29, 0.717) is 49.0 Å². The summed E-state index contributed by atoms with van der Waals surface area (Å²) in [6.45, 7) is 2.09. The van der Waals surface area contributed by atoms with E-state index < -0.39 is 0 Å². The SMILES string of the molecule is O=C(c1cccc(C(=O)N2CCN=C2c2cccc3ccccc23)c1)N1CCN=C1c1cccc2ccccc12. The predicted molar refractivity (Wildman–Crippen MR) is 159 cm³/mol. The summed E-state index contributed by atoms with van der Waals surface area (Å²) in [6.07, 6.45) is 0. The first-order valence-corrected chi connectivity index (χ1v) is 13.5. The van der Waals surface area contributed by atoms with Gasteiger partial charge in [0.25, 0.3) is 11.8 Å². The van der Waals surface area contributed by atoms with Crippen LogP contribution < -0.4 is 0 Å². The van der Waals surface area contributed by atoms with Crippen molar-refractivity contribution in [2.75, 3.05) is 26.2 Å². The number of nitrogens with zero attached hydrogens (tertiary/aromatic N) is 4. The zero-order valence-electron chi connectivity index (χ0n) is 21.8. The van der Waals surface area contributed by atoms with Gasteiger partial charge in [-0.3, -0.25) is 29.4 Å². The maximum atomic E-state index is 13.8. The van der Waals surface area contributed by atoms with E-state index in [1.165, 1.54) is 0 Å². The number of hydrogen-bond donors (Lipinski definition) is 0. The third-order valence-electron chi connectivity index (χ3n) is 7.59. The summed E-state index contributed by atoms with van der Waals surface area (Å²) in [5.41, 5.74) is 2.79. The van der Waals surface area contributed by atoms with Gasteiger partial charge in [-0.1, -0.05) is 91.0 Å². The second-order valence-corrected chi connectivity index (χ2v) is 9.96. The van der Waals surface area contributed by atoms with E-state index in [1.807, 2.05) is 48.5 Å². The van der Waals surface area contributed by atoms with Gasteiger partial charge < -0.3 is 0 Å². The van der Waals surface area contributed by atoms with E-state index >= 15 is 0 Å². The molecule has 5 aromatic rings. The van der Waals surface area contributed by atoms with Crippen molar-refractivity contribution in [1.29, 1.82) is 0 Å². The second-order valence-electron chi connectivity index (χ2n) is 9.96. The molecule has 5 aromatic carbocycles. The maximum absolute atomic E-state index is 13.8. The molecule has 0 aromatic heterocycles. The number of amidine groups is 2. The highest BCUT2D eigenvalue weighted by molar-refractivity contribution is 6.20. The standard InChI is InChI=1S/C34H26N4O2/c39-33(37-20-18-35-31(37)29-16-6-10-23-8-1-3-14-27(23)29)25-12-5-13-26(22-25)34(40)38-21-19-36-32(38)30-17-7-11-24-9-2-4-15-28(24)30/h1-17,22H,18-21H2. The van der Waals surface area contributed by atoms with Crippen LogP contribution in [0.25, 0.3) is 21.5 Å². The van der Waals surface area contributed by atoms with Gasteiger partial charge in [-0.15, -0.1) is 0 Å². The Morgan fingerprint density at radius 3 is 1.45 bits per heavy atom. The van der Waals surface area contributed by atoms with Crippen molar-refractivity contribution < 1.29 is 9.59 Å². The van der Waals surface area contributed by atoms with Gasteiger partial charge in [0.15, 0.2) is 0 Å². The summed E-state index contributed by atoms with van der Waals surface area (Å²) in [6, 6.07) is 35.4. The molecule has 0 unspecified atom stereocenters. The Morgan fingerprint density at radius 1 is 0.525 bits per heavy atom. The largest absolute Gasteiger partial charge is 0.291 e. The fraction of sp³-hybridized carbons (Fsp3) is 0.118. The predicted octanol–water partition coefficient (Wildman–Crippen LogP) is 5.80. The van der Waals surface area contributed by atoms with Crippen LogP contribution in [-0.2, 0) is 0 Å². The van der Waals surface area contributed by atoms with Crippen molar-refractivity contribution in [3.8, 4) is 0 Å². The molecule has 6 nitrogen and oxygen atoms in total. The summed E-state index contributed by atoms with van der Waals surface area (Å²) < 4.78 is 0. The van der Waals surface area contributed by atoms with Crippen LogP contribution in [0.4, 0.5) is 0 Å². The first-order chi connectivity index (χ1) is 19.7. The fourth-order valence-electron chi connectivity index (χ4n) is 5.69. The van der Waals surface area contributed by atoms with Crippen molar-refractivity contribution in [3.05, 3.63) is 131 Å². The summed E-state index contributed by atoms with van der Waals surface area (Å²) in [5, 5.41) is 4.32. The van der Waals surface area contributed by atoms with Gasteiger partial charge in [-0.2, -0.15) is 0 Å². The molecule has 194 valence electrons. The zero-order chi connectivity index (χ0) is 27.1. The molecule has 2 aliphatic heterocycles. The van der Waals surface area contributed by atoms with Gasteiger partial charge in [0.1, 0.15) is 11.7 Å². The Hall–Kier alpha value is -5.10. The van der Waals surface area contributed by atoms with Gasteiger partial charge in [0.05, 0.1) is 13.1 Å². The molecule has 0 fully saturated rings. The molecule has 2 aliphatic rings. The number of amides is 2. The summed E-state index contributed by atoms with van der Waals surface area (Å²) in [5.74, 6) is 1.01. The quantitative estimate of drug-likeness (QED) is 0.300. The number of hydrogen-bond acceptors (Lipinski definition) is 4. The molecule has 0 spiro atoms. The third kappa shape index (κ3) is 4.05. The maximum Gasteiger partial charge on any atom is 0.259 e. The number of fused-ring (bicyclic) bond motifs is 2. The molecule has 6 heteroatoms.